The minimum Gasteiger partial charge on any atom is -0.0925 e. The van der Waals surface area contributed by atoms with E-state index in [0.29, 0.717) is 0 Å². The van der Waals surface area contributed by atoms with Gasteiger partial charge in [0.2, 0.25) is 0 Å². The van der Waals surface area contributed by atoms with Crippen molar-refractivity contribution in [2.24, 2.45) is 0 Å². The van der Waals surface area contributed by atoms with Crippen LogP contribution in [0.3, 0.4) is 0 Å². The highest BCUT2D eigenvalue weighted by Crippen LogP contribution is 2.23. The van der Waals surface area contributed by atoms with Gasteiger partial charge in [-0.2, -0.15) is 0 Å². The van der Waals surface area contributed by atoms with E-state index in [2.05, 4.69) is 68.3 Å². The Kier molecular flexibility index (Phi) is 10.1. The first-order chi connectivity index (χ1) is 12.6. The van der Waals surface area contributed by atoms with Gasteiger partial charge in [0.05, 0.1) is 0 Å². The minimum atomic E-state index is 0.774. The van der Waals surface area contributed by atoms with Gasteiger partial charge in [-0.25, -0.2) is 0 Å². The quantitative estimate of drug-likeness (QED) is 0.233. The number of hydrogen-bond acceptors (Lipinski definition) is 0. The van der Waals surface area contributed by atoms with Gasteiger partial charge in [0.15, 0.2) is 0 Å². The molecule has 0 N–H and O–H groups in total. The van der Waals surface area contributed by atoms with Gasteiger partial charge in [-0.05, 0) is 66.6 Å². The highest BCUT2D eigenvalue weighted by Gasteiger charge is 2.08. The summed E-state index contributed by atoms with van der Waals surface area (Å²) in [5, 5.41) is 3.48. The molecule has 0 spiro atoms. The van der Waals surface area contributed by atoms with Crippen molar-refractivity contribution in [3.8, 4) is 0 Å². The van der Waals surface area contributed by atoms with Crippen molar-refractivity contribution in [1.29, 1.82) is 0 Å². The SMILES string of the molecule is Clc1ccc(CC(/C=C/CCBr)=C(/CCBr)Cc2ccc(Cl)cc2)cc1. The van der Waals surface area contributed by atoms with Gasteiger partial charge < -0.3 is 0 Å². The molecule has 2 aromatic carbocycles. The fourth-order valence-electron chi connectivity index (χ4n) is 2.74. The molecule has 0 nitrogen and oxygen atoms in total. The highest BCUT2D eigenvalue weighted by atomic mass is 79.9. The summed E-state index contributed by atoms with van der Waals surface area (Å²) >= 11 is 19.2. The number of rotatable bonds is 9. The Bertz CT molecular complexity index is 732. The van der Waals surface area contributed by atoms with Crippen molar-refractivity contribution in [3.05, 3.63) is 93.0 Å². The third-order valence-corrected chi connectivity index (χ3v) is 5.44. The van der Waals surface area contributed by atoms with Gasteiger partial charge in [-0.15, -0.1) is 0 Å². The lowest BCUT2D eigenvalue weighted by molar-refractivity contribution is 0.969. The Morgan fingerprint density at radius 2 is 1.31 bits per heavy atom. The molecule has 2 rings (SSSR count). The second kappa shape index (κ2) is 12.0. The molecule has 0 aliphatic carbocycles. The van der Waals surface area contributed by atoms with Gasteiger partial charge in [0, 0.05) is 20.7 Å². The summed E-state index contributed by atoms with van der Waals surface area (Å²) in [6, 6.07) is 16.3. The van der Waals surface area contributed by atoms with Crippen LogP contribution in [0.1, 0.15) is 24.0 Å². The zero-order chi connectivity index (χ0) is 18.8. The van der Waals surface area contributed by atoms with Crippen LogP contribution in [0.4, 0.5) is 0 Å². The zero-order valence-electron chi connectivity index (χ0n) is 14.5. The third kappa shape index (κ3) is 7.60. The number of benzene rings is 2. The van der Waals surface area contributed by atoms with Gasteiger partial charge >= 0.3 is 0 Å². The lowest BCUT2D eigenvalue weighted by Crippen LogP contribution is -2.00. The van der Waals surface area contributed by atoms with Crippen molar-refractivity contribution in [3.63, 3.8) is 0 Å². The van der Waals surface area contributed by atoms with E-state index in [4.69, 9.17) is 23.2 Å². The predicted molar refractivity (Wildman–Crippen MR) is 123 cm³/mol. The van der Waals surface area contributed by atoms with Crippen LogP contribution in [0.15, 0.2) is 71.8 Å². The first-order valence-corrected chi connectivity index (χ1v) is 11.6. The van der Waals surface area contributed by atoms with E-state index in [0.717, 1.165) is 46.4 Å². The van der Waals surface area contributed by atoms with Gasteiger partial charge in [0.25, 0.3) is 0 Å². The molecule has 0 unspecified atom stereocenters. The summed E-state index contributed by atoms with van der Waals surface area (Å²) in [5.74, 6) is 0. The molecule has 0 saturated heterocycles. The summed E-state index contributed by atoms with van der Waals surface area (Å²) in [6.45, 7) is 0. The Hall–Kier alpha value is -0.540. The fraction of sp³-hybridized carbons (Fsp3) is 0.273. The zero-order valence-corrected chi connectivity index (χ0v) is 19.2. The van der Waals surface area contributed by atoms with E-state index < -0.39 is 0 Å². The van der Waals surface area contributed by atoms with Gasteiger partial charge in [0.1, 0.15) is 0 Å². The molecule has 0 aliphatic heterocycles. The Balaban J connectivity index is 2.33. The molecule has 0 atom stereocenters. The van der Waals surface area contributed by atoms with Crippen LogP contribution < -0.4 is 0 Å². The Labute approximate surface area is 183 Å². The summed E-state index contributed by atoms with van der Waals surface area (Å²) in [4.78, 5) is 0. The molecule has 0 amide bonds. The van der Waals surface area contributed by atoms with E-state index >= 15 is 0 Å². The van der Waals surface area contributed by atoms with Crippen LogP contribution in [-0.2, 0) is 12.8 Å². The normalized spacial score (nSPS) is 12.5. The summed E-state index contributed by atoms with van der Waals surface area (Å²) in [6.07, 6.45) is 8.41. The van der Waals surface area contributed by atoms with Crippen molar-refractivity contribution in [1.82, 2.24) is 0 Å². The van der Waals surface area contributed by atoms with Gasteiger partial charge in [-0.3, -0.25) is 0 Å². The molecule has 0 aromatic heterocycles. The number of halogens is 4. The molecule has 4 heteroatoms. The number of allylic oxidation sites excluding steroid dienone is 4. The molecular weight excluding hydrogens is 495 g/mol. The molecule has 0 bridgehead atoms. The minimum absolute atomic E-state index is 0.774. The largest absolute Gasteiger partial charge is 0.0925 e. The van der Waals surface area contributed by atoms with Crippen LogP contribution in [-0.4, -0.2) is 10.7 Å². The number of alkyl halides is 2. The molecule has 26 heavy (non-hydrogen) atoms. The first-order valence-electron chi connectivity index (χ1n) is 8.60. The van der Waals surface area contributed by atoms with Crippen LogP contribution in [0.5, 0.6) is 0 Å². The monoisotopic (exact) mass is 514 g/mol. The Morgan fingerprint density at radius 1 is 0.769 bits per heavy atom. The van der Waals surface area contributed by atoms with Crippen molar-refractivity contribution in [2.75, 3.05) is 10.7 Å². The average molecular weight is 517 g/mol. The molecule has 0 fully saturated rings. The molecule has 138 valence electrons. The first kappa shape index (κ1) is 21.8. The van der Waals surface area contributed by atoms with E-state index in [1.807, 2.05) is 24.3 Å². The molecule has 0 radical (unpaired) electrons. The molecular formula is C22H22Br2Cl2. The van der Waals surface area contributed by atoms with Crippen molar-refractivity contribution < 1.29 is 0 Å². The van der Waals surface area contributed by atoms with E-state index in [-0.39, 0.29) is 0 Å². The summed E-state index contributed by atoms with van der Waals surface area (Å²) < 4.78 is 0. The van der Waals surface area contributed by atoms with Crippen molar-refractivity contribution >= 4 is 55.1 Å². The maximum atomic E-state index is 6.03. The average Bonchev–Trinajstić information content (AvgIpc) is 2.64. The standard InChI is InChI=1S/C22H22Br2Cl2/c23-13-2-1-3-19(15-17-4-8-21(25)9-5-17)20(12-14-24)16-18-6-10-22(26)11-7-18/h1,3-11H,2,12-16H2/b3-1+,20-19-. The van der Waals surface area contributed by atoms with Crippen LogP contribution in [0.25, 0.3) is 0 Å². The van der Waals surface area contributed by atoms with Crippen LogP contribution >= 0.6 is 55.1 Å². The Morgan fingerprint density at radius 3 is 1.81 bits per heavy atom. The maximum absolute atomic E-state index is 6.03. The highest BCUT2D eigenvalue weighted by molar-refractivity contribution is 9.09. The topological polar surface area (TPSA) is 0 Å². The molecule has 0 heterocycles. The number of hydrogen-bond donors (Lipinski definition) is 0. The van der Waals surface area contributed by atoms with Crippen LogP contribution in [0.2, 0.25) is 10.0 Å². The van der Waals surface area contributed by atoms with E-state index in [1.54, 1.807) is 0 Å². The second-order valence-electron chi connectivity index (χ2n) is 6.05. The van der Waals surface area contributed by atoms with Crippen molar-refractivity contribution in [2.45, 2.75) is 25.7 Å². The molecule has 0 aliphatic rings. The summed E-state index contributed by atoms with van der Waals surface area (Å²) in [7, 11) is 0. The van der Waals surface area contributed by atoms with Gasteiger partial charge in [-0.1, -0.05) is 97.1 Å². The van der Waals surface area contributed by atoms with E-state index in [1.165, 1.54) is 22.3 Å². The second-order valence-corrected chi connectivity index (χ2v) is 8.51. The van der Waals surface area contributed by atoms with E-state index in [9.17, 15) is 0 Å². The molecule has 0 saturated carbocycles. The lowest BCUT2D eigenvalue weighted by atomic mass is 9.93. The predicted octanol–water partition coefficient (Wildman–Crippen LogP) is 8.20. The molecule has 2 aromatic rings. The van der Waals surface area contributed by atoms with Crippen LogP contribution in [0, 0.1) is 0 Å². The maximum Gasteiger partial charge on any atom is 0.0406 e. The third-order valence-electron chi connectivity index (χ3n) is 4.08. The smallest absolute Gasteiger partial charge is 0.0406 e. The fourth-order valence-corrected chi connectivity index (χ4v) is 3.73. The lowest BCUT2D eigenvalue weighted by Gasteiger charge is -2.14. The summed E-state index contributed by atoms with van der Waals surface area (Å²) in [5.41, 5.74) is 5.39.